The van der Waals surface area contributed by atoms with Crippen LogP contribution in [0.15, 0.2) is 61.1 Å². The summed E-state index contributed by atoms with van der Waals surface area (Å²) in [5.41, 5.74) is 4.20. The minimum Gasteiger partial charge on any atom is -0.353 e. The van der Waals surface area contributed by atoms with Crippen LogP contribution < -0.4 is 15.5 Å². The Kier molecular flexibility index (Phi) is 5.09. The van der Waals surface area contributed by atoms with E-state index in [0.717, 1.165) is 59.8 Å². The van der Waals surface area contributed by atoms with E-state index in [1.165, 1.54) is 36.6 Å². The first kappa shape index (κ1) is 20.8. The van der Waals surface area contributed by atoms with Crippen LogP contribution in [0.5, 0.6) is 0 Å². The van der Waals surface area contributed by atoms with Gasteiger partial charge in [-0.05, 0) is 67.3 Å². The van der Waals surface area contributed by atoms with Gasteiger partial charge in [0, 0.05) is 54.7 Å². The van der Waals surface area contributed by atoms with Gasteiger partial charge in [0.2, 0.25) is 0 Å². The highest BCUT2D eigenvalue weighted by atomic mass is 15.3. The van der Waals surface area contributed by atoms with Gasteiger partial charge in [-0.15, -0.1) is 0 Å². The Labute approximate surface area is 205 Å². The molecule has 0 unspecified atom stereocenters. The molecule has 2 saturated carbocycles. The van der Waals surface area contributed by atoms with Crippen LogP contribution in [0, 0.1) is 5.92 Å². The molecule has 35 heavy (non-hydrogen) atoms. The van der Waals surface area contributed by atoms with Crippen LogP contribution >= 0.6 is 0 Å². The number of nitrogens with zero attached hydrogens (tertiary/aromatic N) is 5. The lowest BCUT2D eigenvalue weighted by molar-refractivity contribution is 0.418. The maximum atomic E-state index is 5.23. The molecule has 7 rings (SSSR count). The number of fused-ring (bicyclic) bond motifs is 1. The fourth-order valence-corrected chi connectivity index (χ4v) is 5.24. The van der Waals surface area contributed by atoms with Crippen molar-refractivity contribution in [1.29, 1.82) is 0 Å². The zero-order chi connectivity index (χ0) is 23.2. The molecule has 1 saturated heterocycles. The number of para-hydroxylation sites is 1. The second kappa shape index (κ2) is 8.57. The second-order valence-corrected chi connectivity index (χ2v) is 10.0. The molecule has 4 aromatic rings. The van der Waals surface area contributed by atoms with Crippen molar-refractivity contribution in [2.75, 3.05) is 29.9 Å². The molecule has 1 aliphatic heterocycles. The van der Waals surface area contributed by atoms with Crippen LogP contribution in [-0.2, 0) is 0 Å². The monoisotopic (exact) mass is 463 g/mol. The van der Waals surface area contributed by atoms with Gasteiger partial charge < -0.3 is 15.5 Å². The molecule has 3 aliphatic rings. The number of hydrogen-bond donors (Lipinski definition) is 2. The highest BCUT2D eigenvalue weighted by molar-refractivity contribution is 5.94. The number of rotatable bonds is 6. The first-order chi connectivity index (χ1) is 17.3. The average molecular weight is 464 g/mol. The van der Waals surface area contributed by atoms with E-state index in [0.29, 0.717) is 12.0 Å². The lowest BCUT2D eigenvalue weighted by Gasteiger charge is -2.35. The Morgan fingerprint density at radius 3 is 2.69 bits per heavy atom. The molecule has 3 aromatic heterocycles. The third-order valence-electron chi connectivity index (χ3n) is 7.39. The van der Waals surface area contributed by atoms with Crippen molar-refractivity contribution >= 4 is 28.2 Å². The number of aromatic nitrogens is 4. The van der Waals surface area contributed by atoms with Gasteiger partial charge in [0.15, 0.2) is 5.82 Å². The molecule has 176 valence electrons. The molecule has 0 radical (unpaired) electrons. The van der Waals surface area contributed by atoms with Crippen LogP contribution in [0.4, 0.5) is 17.3 Å². The van der Waals surface area contributed by atoms with E-state index in [9.17, 15) is 0 Å². The van der Waals surface area contributed by atoms with Gasteiger partial charge in [0.1, 0.15) is 11.6 Å². The summed E-state index contributed by atoms with van der Waals surface area (Å²) in [4.78, 5) is 21.8. The van der Waals surface area contributed by atoms with Crippen LogP contribution in [0.25, 0.3) is 22.3 Å². The van der Waals surface area contributed by atoms with E-state index in [4.69, 9.17) is 9.97 Å². The van der Waals surface area contributed by atoms with Gasteiger partial charge >= 0.3 is 0 Å². The summed E-state index contributed by atoms with van der Waals surface area (Å²) in [6.07, 6.45) is 10.9. The zero-order valence-corrected chi connectivity index (χ0v) is 19.7. The number of piperazine rings is 1. The summed E-state index contributed by atoms with van der Waals surface area (Å²) in [6.45, 7) is 2.95. The fraction of sp³-hybridized carbons (Fsp3) is 0.357. The zero-order valence-electron chi connectivity index (χ0n) is 19.7. The SMILES string of the molecule is c1ccc(Nc2cc(-c3nc(N4CCN[C@@H](C5CC5)C4)c4c(C5CC5)cncc4n3)ccn2)cc1. The largest absolute Gasteiger partial charge is 0.353 e. The predicted octanol–water partition coefficient (Wildman–Crippen LogP) is 4.90. The summed E-state index contributed by atoms with van der Waals surface area (Å²) in [5, 5.41) is 8.32. The standard InChI is InChI=1S/C28H29N7/c1-2-4-21(5-3-1)32-25-14-20(10-11-31-25)27-33-23-16-29-15-22(18-6-7-18)26(23)28(34-27)35-13-12-30-24(17-35)19-8-9-19/h1-5,10-11,14-16,18-19,24,30H,6-9,12-13,17H2,(H,31,32)/t24-/m1/s1. The maximum Gasteiger partial charge on any atom is 0.162 e. The first-order valence-electron chi connectivity index (χ1n) is 12.7. The molecule has 3 fully saturated rings. The normalized spacial score (nSPS) is 20.2. The topological polar surface area (TPSA) is 78.9 Å². The highest BCUT2D eigenvalue weighted by Crippen LogP contribution is 2.45. The van der Waals surface area contributed by atoms with Crippen molar-refractivity contribution in [2.45, 2.75) is 37.6 Å². The second-order valence-electron chi connectivity index (χ2n) is 10.0. The molecule has 2 N–H and O–H groups in total. The maximum absolute atomic E-state index is 5.23. The quantitative estimate of drug-likeness (QED) is 0.421. The number of hydrogen-bond acceptors (Lipinski definition) is 7. The van der Waals surface area contributed by atoms with Crippen molar-refractivity contribution in [2.24, 2.45) is 5.92 Å². The van der Waals surface area contributed by atoms with Crippen LogP contribution in [0.3, 0.4) is 0 Å². The molecule has 7 heteroatoms. The van der Waals surface area contributed by atoms with Crippen LogP contribution in [-0.4, -0.2) is 45.6 Å². The van der Waals surface area contributed by atoms with Crippen LogP contribution in [0.1, 0.15) is 37.2 Å². The Morgan fingerprint density at radius 2 is 1.86 bits per heavy atom. The van der Waals surface area contributed by atoms with E-state index in [1.54, 1.807) is 0 Å². The van der Waals surface area contributed by atoms with Crippen molar-refractivity contribution in [3.05, 3.63) is 66.6 Å². The molecule has 1 aromatic carbocycles. The third-order valence-corrected chi connectivity index (χ3v) is 7.39. The molecular weight excluding hydrogens is 434 g/mol. The number of pyridine rings is 2. The number of anilines is 3. The van der Waals surface area contributed by atoms with E-state index in [2.05, 4.69) is 25.5 Å². The summed E-state index contributed by atoms with van der Waals surface area (Å²) in [5.74, 6) is 3.96. The molecule has 0 spiro atoms. The minimum absolute atomic E-state index is 0.547. The molecule has 0 bridgehead atoms. The fourth-order valence-electron chi connectivity index (χ4n) is 5.24. The highest BCUT2D eigenvalue weighted by Gasteiger charge is 2.36. The molecule has 0 amide bonds. The lowest BCUT2D eigenvalue weighted by Crippen LogP contribution is -2.52. The molecule has 1 atom stereocenters. The van der Waals surface area contributed by atoms with E-state index >= 15 is 0 Å². The van der Waals surface area contributed by atoms with Gasteiger partial charge in [-0.2, -0.15) is 0 Å². The van der Waals surface area contributed by atoms with Crippen LogP contribution in [0.2, 0.25) is 0 Å². The van der Waals surface area contributed by atoms with Gasteiger partial charge in [0.05, 0.1) is 11.7 Å². The summed E-state index contributed by atoms with van der Waals surface area (Å²) < 4.78 is 0. The smallest absolute Gasteiger partial charge is 0.162 e. The van der Waals surface area contributed by atoms with Crippen molar-refractivity contribution in [3.8, 4) is 11.4 Å². The Hall–Kier alpha value is -3.58. The van der Waals surface area contributed by atoms with Gasteiger partial charge in [0.25, 0.3) is 0 Å². The van der Waals surface area contributed by atoms with E-state index in [-0.39, 0.29) is 0 Å². The van der Waals surface area contributed by atoms with Gasteiger partial charge in [-0.3, -0.25) is 4.98 Å². The molecular formula is C28H29N7. The molecule has 7 nitrogen and oxygen atoms in total. The summed E-state index contributed by atoms with van der Waals surface area (Å²) in [7, 11) is 0. The summed E-state index contributed by atoms with van der Waals surface area (Å²) >= 11 is 0. The van der Waals surface area contributed by atoms with E-state index in [1.807, 2.05) is 61.1 Å². The Balaban J connectivity index is 1.31. The molecule has 4 heterocycles. The molecule has 2 aliphatic carbocycles. The Bertz CT molecular complexity index is 1360. The minimum atomic E-state index is 0.547. The van der Waals surface area contributed by atoms with Gasteiger partial charge in [-0.1, -0.05) is 18.2 Å². The number of nitrogens with one attached hydrogen (secondary N) is 2. The van der Waals surface area contributed by atoms with Gasteiger partial charge in [-0.25, -0.2) is 15.0 Å². The predicted molar refractivity (Wildman–Crippen MR) is 139 cm³/mol. The van der Waals surface area contributed by atoms with E-state index < -0.39 is 0 Å². The summed E-state index contributed by atoms with van der Waals surface area (Å²) in [6, 6.07) is 14.7. The van der Waals surface area contributed by atoms with Crippen molar-refractivity contribution in [3.63, 3.8) is 0 Å². The first-order valence-corrected chi connectivity index (χ1v) is 12.7. The average Bonchev–Trinajstić information content (AvgIpc) is 3.82. The Morgan fingerprint density at radius 1 is 0.971 bits per heavy atom. The van der Waals surface area contributed by atoms with Crippen molar-refractivity contribution < 1.29 is 0 Å². The third kappa shape index (κ3) is 4.21. The van der Waals surface area contributed by atoms with Crippen molar-refractivity contribution in [1.82, 2.24) is 25.3 Å². The number of benzene rings is 1. The lowest BCUT2D eigenvalue weighted by atomic mass is 10.1.